The third-order valence-corrected chi connectivity index (χ3v) is 2.89. The van der Waals surface area contributed by atoms with Crippen molar-refractivity contribution >= 4 is 5.78 Å². The molecule has 6 nitrogen and oxygen atoms in total. The molecule has 0 bridgehead atoms. The van der Waals surface area contributed by atoms with Gasteiger partial charge in [0, 0.05) is 23.7 Å². The van der Waals surface area contributed by atoms with Gasteiger partial charge in [-0.25, -0.2) is 4.79 Å². The van der Waals surface area contributed by atoms with Gasteiger partial charge in [0.1, 0.15) is 0 Å². The van der Waals surface area contributed by atoms with Crippen LogP contribution >= 0.6 is 0 Å². The van der Waals surface area contributed by atoms with Gasteiger partial charge in [-0.2, -0.15) is 0 Å². The van der Waals surface area contributed by atoms with E-state index in [9.17, 15) is 14.4 Å². The lowest BCUT2D eigenvalue weighted by molar-refractivity contribution is -0.119. The molecule has 2 heterocycles. The Labute approximate surface area is 115 Å². The first kappa shape index (κ1) is 13.9. The number of hydrogen-bond acceptors (Lipinski definition) is 4. The highest BCUT2D eigenvalue weighted by Crippen LogP contribution is 2.02. The quantitative estimate of drug-likeness (QED) is 0.871. The molecule has 0 aliphatic rings. The number of carbonyl (C=O) groups is 1. The first-order valence-corrected chi connectivity index (χ1v) is 6.19. The SMILES string of the molecule is Cc1ccnc(CC(=O)Cn2cc(C)c(=O)[nH]c2=O)c1. The number of pyridine rings is 1. The van der Waals surface area contributed by atoms with E-state index in [2.05, 4.69) is 9.97 Å². The van der Waals surface area contributed by atoms with Crippen LogP contribution in [0.4, 0.5) is 0 Å². The number of aromatic nitrogens is 3. The number of aromatic amines is 1. The van der Waals surface area contributed by atoms with Gasteiger partial charge in [-0.3, -0.25) is 24.1 Å². The molecule has 104 valence electrons. The van der Waals surface area contributed by atoms with Crippen molar-refractivity contribution in [1.82, 2.24) is 14.5 Å². The first-order chi connectivity index (χ1) is 9.45. The fraction of sp³-hybridized carbons (Fsp3) is 0.286. The van der Waals surface area contributed by atoms with Crippen LogP contribution in [0, 0.1) is 13.8 Å². The summed E-state index contributed by atoms with van der Waals surface area (Å²) in [7, 11) is 0. The van der Waals surface area contributed by atoms with Gasteiger partial charge < -0.3 is 0 Å². The topological polar surface area (TPSA) is 84.8 Å². The smallest absolute Gasteiger partial charge is 0.297 e. The maximum Gasteiger partial charge on any atom is 0.328 e. The van der Waals surface area contributed by atoms with E-state index in [1.54, 1.807) is 13.1 Å². The molecule has 0 aliphatic heterocycles. The van der Waals surface area contributed by atoms with Gasteiger partial charge in [0.2, 0.25) is 0 Å². The lowest BCUT2D eigenvalue weighted by Gasteiger charge is -2.05. The van der Waals surface area contributed by atoms with E-state index in [0.29, 0.717) is 11.3 Å². The van der Waals surface area contributed by atoms with Crippen LogP contribution in [-0.4, -0.2) is 20.3 Å². The summed E-state index contributed by atoms with van der Waals surface area (Å²) in [5.41, 5.74) is 1.08. The Bertz CT molecular complexity index is 759. The largest absolute Gasteiger partial charge is 0.328 e. The molecule has 2 aromatic heterocycles. The molecule has 1 N–H and O–H groups in total. The van der Waals surface area contributed by atoms with Crippen LogP contribution < -0.4 is 11.2 Å². The molecule has 0 saturated carbocycles. The Hall–Kier alpha value is -2.50. The summed E-state index contributed by atoms with van der Waals surface area (Å²) in [5, 5.41) is 0. The van der Waals surface area contributed by atoms with Gasteiger partial charge in [-0.15, -0.1) is 0 Å². The Kier molecular flexibility index (Phi) is 3.93. The van der Waals surface area contributed by atoms with Crippen molar-refractivity contribution < 1.29 is 4.79 Å². The Morgan fingerprint density at radius 1 is 1.35 bits per heavy atom. The number of H-pyrrole nitrogens is 1. The molecule has 0 amide bonds. The highest BCUT2D eigenvalue weighted by molar-refractivity contribution is 5.80. The number of Topliss-reactive ketones (excluding diaryl/α,β-unsaturated/α-hetero) is 1. The zero-order valence-electron chi connectivity index (χ0n) is 11.3. The van der Waals surface area contributed by atoms with E-state index in [4.69, 9.17) is 0 Å². The predicted octanol–water partition coefficient (Wildman–Crippen LogP) is 0.360. The van der Waals surface area contributed by atoms with Gasteiger partial charge in [0.15, 0.2) is 5.78 Å². The second-order valence-electron chi connectivity index (χ2n) is 4.74. The summed E-state index contributed by atoms with van der Waals surface area (Å²) in [5.74, 6) is -0.142. The van der Waals surface area contributed by atoms with Gasteiger partial charge in [-0.05, 0) is 31.5 Å². The minimum absolute atomic E-state index is 0.0773. The summed E-state index contributed by atoms with van der Waals surface area (Å²) in [6.07, 6.45) is 3.20. The molecule has 0 aliphatic carbocycles. The van der Waals surface area contributed by atoms with E-state index in [0.717, 1.165) is 5.56 Å². The molecule has 0 saturated heterocycles. The minimum atomic E-state index is -0.578. The Morgan fingerprint density at radius 3 is 2.80 bits per heavy atom. The Balaban J connectivity index is 2.15. The second kappa shape index (κ2) is 5.64. The monoisotopic (exact) mass is 273 g/mol. The van der Waals surface area contributed by atoms with Crippen LogP contribution in [0.3, 0.4) is 0 Å². The second-order valence-corrected chi connectivity index (χ2v) is 4.74. The van der Waals surface area contributed by atoms with Crippen molar-refractivity contribution in [2.24, 2.45) is 0 Å². The van der Waals surface area contributed by atoms with Crippen LogP contribution in [0.2, 0.25) is 0 Å². The summed E-state index contributed by atoms with van der Waals surface area (Å²) in [6, 6.07) is 3.68. The average Bonchev–Trinajstić information content (AvgIpc) is 2.36. The van der Waals surface area contributed by atoms with Crippen molar-refractivity contribution in [3.8, 4) is 0 Å². The molecular formula is C14H15N3O3. The van der Waals surface area contributed by atoms with Gasteiger partial charge in [0.05, 0.1) is 13.0 Å². The van der Waals surface area contributed by atoms with Crippen molar-refractivity contribution in [2.45, 2.75) is 26.8 Å². The van der Waals surface area contributed by atoms with Gasteiger partial charge in [0.25, 0.3) is 5.56 Å². The number of rotatable bonds is 4. The van der Waals surface area contributed by atoms with Crippen LogP contribution in [-0.2, 0) is 17.8 Å². The molecule has 20 heavy (non-hydrogen) atoms. The molecular weight excluding hydrogens is 258 g/mol. The van der Waals surface area contributed by atoms with E-state index in [1.165, 1.54) is 10.8 Å². The predicted molar refractivity (Wildman–Crippen MR) is 73.7 cm³/mol. The first-order valence-electron chi connectivity index (χ1n) is 6.19. The highest BCUT2D eigenvalue weighted by atomic mass is 16.2. The Morgan fingerprint density at radius 2 is 2.10 bits per heavy atom. The van der Waals surface area contributed by atoms with E-state index in [1.807, 2.05) is 19.1 Å². The lowest BCUT2D eigenvalue weighted by Crippen LogP contribution is -2.33. The van der Waals surface area contributed by atoms with Crippen molar-refractivity contribution in [3.63, 3.8) is 0 Å². The zero-order valence-corrected chi connectivity index (χ0v) is 11.3. The van der Waals surface area contributed by atoms with Crippen molar-refractivity contribution in [2.75, 3.05) is 0 Å². The summed E-state index contributed by atoms with van der Waals surface area (Å²) < 4.78 is 1.20. The number of aryl methyl sites for hydroxylation is 2. The molecule has 6 heteroatoms. The maximum atomic E-state index is 11.9. The molecule has 0 radical (unpaired) electrons. The number of nitrogens with zero attached hydrogens (tertiary/aromatic N) is 2. The average molecular weight is 273 g/mol. The van der Waals surface area contributed by atoms with E-state index >= 15 is 0 Å². The molecule has 2 aromatic rings. The minimum Gasteiger partial charge on any atom is -0.297 e. The van der Waals surface area contributed by atoms with E-state index < -0.39 is 11.2 Å². The van der Waals surface area contributed by atoms with Crippen LogP contribution in [0.1, 0.15) is 16.8 Å². The van der Waals surface area contributed by atoms with Crippen LogP contribution in [0.5, 0.6) is 0 Å². The number of carbonyl (C=O) groups excluding carboxylic acids is 1. The van der Waals surface area contributed by atoms with E-state index in [-0.39, 0.29) is 18.7 Å². The van der Waals surface area contributed by atoms with Crippen molar-refractivity contribution in [1.29, 1.82) is 0 Å². The van der Waals surface area contributed by atoms with Gasteiger partial charge in [-0.1, -0.05) is 0 Å². The molecule has 0 aromatic carbocycles. The molecule has 0 spiro atoms. The third kappa shape index (κ3) is 3.28. The zero-order chi connectivity index (χ0) is 14.7. The lowest BCUT2D eigenvalue weighted by atomic mass is 10.1. The fourth-order valence-corrected chi connectivity index (χ4v) is 1.88. The molecule has 0 unspecified atom stereocenters. The number of ketones is 1. The van der Waals surface area contributed by atoms with Crippen LogP contribution in [0.25, 0.3) is 0 Å². The van der Waals surface area contributed by atoms with Crippen LogP contribution in [0.15, 0.2) is 34.1 Å². The normalized spacial score (nSPS) is 10.5. The number of nitrogens with one attached hydrogen (secondary N) is 1. The highest BCUT2D eigenvalue weighted by Gasteiger charge is 2.08. The molecule has 0 atom stereocenters. The fourth-order valence-electron chi connectivity index (χ4n) is 1.88. The molecule has 2 rings (SSSR count). The summed E-state index contributed by atoms with van der Waals surface area (Å²) in [6.45, 7) is 3.43. The third-order valence-electron chi connectivity index (χ3n) is 2.89. The molecule has 0 fully saturated rings. The van der Waals surface area contributed by atoms with Gasteiger partial charge >= 0.3 is 5.69 Å². The van der Waals surface area contributed by atoms with Crippen molar-refractivity contribution in [3.05, 3.63) is 62.2 Å². The number of hydrogen-bond donors (Lipinski definition) is 1. The maximum absolute atomic E-state index is 11.9. The summed E-state index contributed by atoms with van der Waals surface area (Å²) >= 11 is 0. The standard InChI is InChI=1S/C14H15N3O3/c1-9-3-4-15-11(5-9)6-12(18)8-17-7-10(2)13(19)16-14(17)20/h3-5,7H,6,8H2,1-2H3,(H,16,19,20). The summed E-state index contributed by atoms with van der Waals surface area (Å²) in [4.78, 5) is 41.0.